The summed E-state index contributed by atoms with van der Waals surface area (Å²) in [6.07, 6.45) is 7.25. The van der Waals surface area contributed by atoms with Gasteiger partial charge in [-0.3, -0.25) is 14.4 Å². The Bertz CT molecular complexity index is 1750. The molecule has 2 aliphatic rings. The molecule has 3 amide bonds. The fraction of sp³-hybridized carbons (Fsp3) is 0.432. The molecule has 6 rings (SSSR count). The van der Waals surface area contributed by atoms with Crippen LogP contribution in [0.2, 0.25) is 0 Å². The first-order valence-corrected chi connectivity index (χ1v) is 17.5. The van der Waals surface area contributed by atoms with E-state index in [0.717, 1.165) is 79.3 Å². The average molecular weight is 679 g/mol. The predicted octanol–water partition coefficient (Wildman–Crippen LogP) is 3.67. The predicted molar refractivity (Wildman–Crippen MR) is 190 cm³/mol. The fourth-order valence-electron chi connectivity index (χ4n) is 6.95. The van der Waals surface area contributed by atoms with Crippen molar-refractivity contribution in [3.05, 3.63) is 77.6 Å². The van der Waals surface area contributed by atoms with Gasteiger partial charge in [-0.05, 0) is 117 Å². The number of aromatic nitrogens is 5. The zero-order valence-corrected chi connectivity index (χ0v) is 28.4. The van der Waals surface area contributed by atoms with E-state index in [9.17, 15) is 14.4 Å². The molecular weight excluding hydrogens is 632 g/mol. The van der Waals surface area contributed by atoms with Gasteiger partial charge >= 0.3 is 0 Å². The van der Waals surface area contributed by atoms with E-state index in [-0.39, 0.29) is 35.7 Å². The van der Waals surface area contributed by atoms with Gasteiger partial charge in [0.1, 0.15) is 11.7 Å². The Morgan fingerprint density at radius 1 is 0.880 bits per heavy atom. The molecule has 8 N–H and O–H groups in total. The molecule has 0 saturated heterocycles. The van der Waals surface area contributed by atoms with Gasteiger partial charge in [0.2, 0.25) is 17.6 Å². The quantitative estimate of drug-likeness (QED) is 0.137. The molecule has 2 aromatic carbocycles. The normalized spacial score (nSPS) is 21.2. The van der Waals surface area contributed by atoms with Crippen LogP contribution in [-0.4, -0.2) is 68.0 Å². The molecule has 50 heavy (non-hydrogen) atoms. The first-order chi connectivity index (χ1) is 24.2. The van der Waals surface area contributed by atoms with E-state index >= 15 is 0 Å². The molecule has 0 unspecified atom stereocenters. The number of rotatable bonds is 11. The fourth-order valence-corrected chi connectivity index (χ4v) is 6.95. The molecule has 2 aliphatic carbocycles. The van der Waals surface area contributed by atoms with E-state index in [0.29, 0.717) is 36.1 Å². The van der Waals surface area contributed by atoms with Crippen LogP contribution >= 0.6 is 0 Å². The number of nitrogens with one attached hydrogen (secondary N) is 4. The Morgan fingerprint density at radius 3 is 2.22 bits per heavy atom. The molecule has 0 aliphatic heterocycles. The molecule has 0 radical (unpaired) electrons. The number of anilines is 1. The first kappa shape index (κ1) is 34.8. The molecule has 13 heteroatoms. The van der Waals surface area contributed by atoms with E-state index < -0.39 is 6.04 Å². The smallest absolute Gasteiger partial charge is 0.270 e. The van der Waals surface area contributed by atoms with E-state index in [1.807, 2.05) is 37.3 Å². The maximum Gasteiger partial charge on any atom is 0.270 e. The zero-order valence-electron chi connectivity index (χ0n) is 28.4. The second kappa shape index (κ2) is 16.1. The highest BCUT2D eigenvalue weighted by molar-refractivity contribution is 5.98. The number of amides is 3. The van der Waals surface area contributed by atoms with Crippen LogP contribution in [-0.2, 0) is 16.0 Å². The maximum absolute atomic E-state index is 13.7. The third kappa shape index (κ3) is 8.77. The standard InChI is InChI=1S/C37H46N10O3/c1-22-31(18-19-32(40-22)36(49)41-30-16-12-28(39)13-17-30)25-6-2-23(3-7-25)20-33(43-35(48)27-8-4-24(21-38)5-9-27)37(50)42-29-14-10-26(11-15-29)34-44-46-47-45-34/h2-3,6-7,10-11,14-15,18-19,24,27-28,30,33H,4-5,8-9,12-13,16-17,20-21,38-39H2,1H3,(H,41,49)(H,42,50)(H,43,48)(H,44,45,46,47)/t24?,27?,28?,30?,33-/m0/s1. The second-order valence-corrected chi connectivity index (χ2v) is 13.6. The maximum atomic E-state index is 13.7. The van der Waals surface area contributed by atoms with E-state index in [4.69, 9.17) is 11.5 Å². The minimum absolute atomic E-state index is 0.109. The van der Waals surface area contributed by atoms with Gasteiger partial charge in [0.05, 0.1) is 0 Å². The highest BCUT2D eigenvalue weighted by Gasteiger charge is 2.29. The third-order valence-electron chi connectivity index (χ3n) is 10.1. The van der Waals surface area contributed by atoms with E-state index in [1.165, 1.54) is 0 Å². The molecular formula is C37H46N10O3. The number of hydrogen-bond donors (Lipinski definition) is 6. The van der Waals surface area contributed by atoms with E-state index in [2.05, 4.69) is 41.6 Å². The Morgan fingerprint density at radius 2 is 1.58 bits per heavy atom. The largest absolute Gasteiger partial charge is 0.348 e. The molecule has 2 saturated carbocycles. The lowest BCUT2D eigenvalue weighted by Crippen LogP contribution is -2.48. The Hall–Kier alpha value is -5.01. The van der Waals surface area contributed by atoms with Gasteiger partial charge in [0.15, 0.2) is 0 Å². The van der Waals surface area contributed by atoms with Crippen molar-refractivity contribution in [2.45, 2.75) is 82.8 Å². The molecule has 1 atom stereocenters. The summed E-state index contributed by atoms with van der Waals surface area (Å²) in [7, 11) is 0. The molecule has 0 bridgehead atoms. The van der Waals surface area contributed by atoms with Gasteiger partial charge < -0.3 is 27.4 Å². The number of tetrazole rings is 1. The number of nitrogens with two attached hydrogens (primary N) is 2. The Balaban J connectivity index is 1.13. The summed E-state index contributed by atoms with van der Waals surface area (Å²) in [5.41, 5.74) is 17.1. The van der Waals surface area contributed by atoms with Crippen molar-refractivity contribution >= 4 is 23.4 Å². The summed E-state index contributed by atoms with van der Waals surface area (Å²) in [4.78, 5) is 44.6. The summed E-state index contributed by atoms with van der Waals surface area (Å²) in [6.45, 7) is 2.53. The number of benzene rings is 2. The number of H-pyrrole nitrogens is 1. The lowest BCUT2D eigenvalue weighted by atomic mass is 9.81. The minimum Gasteiger partial charge on any atom is -0.348 e. The van der Waals surface area contributed by atoms with Crippen LogP contribution in [0, 0.1) is 18.8 Å². The molecule has 13 nitrogen and oxygen atoms in total. The van der Waals surface area contributed by atoms with Gasteiger partial charge in [0.25, 0.3) is 5.91 Å². The third-order valence-corrected chi connectivity index (χ3v) is 10.1. The van der Waals surface area contributed by atoms with Crippen molar-refractivity contribution < 1.29 is 14.4 Å². The topological polar surface area (TPSA) is 207 Å². The van der Waals surface area contributed by atoms with Gasteiger partial charge in [-0.1, -0.05) is 30.3 Å². The van der Waals surface area contributed by atoms with Gasteiger partial charge in [-0.15, -0.1) is 10.2 Å². The molecule has 0 spiro atoms. The van der Waals surface area contributed by atoms with Crippen LogP contribution in [0.15, 0.2) is 60.7 Å². The number of carbonyl (C=O) groups excluding carboxylic acids is 3. The molecule has 262 valence electrons. The van der Waals surface area contributed by atoms with Crippen molar-refractivity contribution in [1.29, 1.82) is 0 Å². The molecule has 2 aromatic heterocycles. The van der Waals surface area contributed by atoms with Crippen molar-refractivity contribution in [2.75, 3.05) is 11.9 Å². The number of aromatic amines is 1. The number of carbonyl (C=O) groups is 3. The van der Waals surface area contributed by atoms with Gasteiger partial charge in [0, 0.05) is 46.9 Å². The van der Waals surface area contributed by atoms with Crippen molar-refractivity contribution in [3.8, 4) is 22.5 Å². The minimum atomic E-state index is -0.793. The lowest BCUT2D eigenvalue weighted by molar-refractivity contribution is -0.130. The van der Waals surface area contributed by atoms with Crippen LogP contribution in [0.25, 0.3) is 22.5 Å². The summed E-state index contributed by atoms with van der Waals surface area (Å²) in [6, 6.07) is 18.2. The second-order valence-electron chi connectivity index (χ2n) is 13.6. The summed E-state index contributed by atoms with van der Waals surface area (Å²) in [5, 5.41) is 23.1. The lowest BCUT2D eigenvalue weighted by Gasteiger charge is -2.28. The monoisotopic (exact) mass is 678 g/mol. The van der Waals surface area contributed by atoms with Crippen LogP contribution in [0.5, 0.6) is 0 Å². The van der Waals surface area contributed by atoms with Gasteiger partial charge in [-0.25, -0.2) is 4.98 Å². The highest BCUT2D eigenvalue weighted by Crippen LogP contribution is 2.29. The van der Waals surface area contributed by atoms with Crippen LogP contribution in [0.4, 0.5) is 5.69 Å². The number of aryl methyl sites for hydroxylation is 1. The number of pyridine rings is 1. The summed E-state index contributed by atoms with van der Waals surface area (Å²) in [5.74, 6) is 0.163. The number of nitrogens with zero attached hydrogens (tertiary/aromatic N) is 4. The van der Waals surface area contributed by atoms with Crippen LogP contribution in [0.3, 0.4) is 0 Å². The van der Waals surface area contributed by atoms with Crippen LogP contribution in [0.1, 0.15) is 73.1 Å². The molecule has 2 heterocycles. The highest BCUT2D eigenvalue weighted by atomic mass is 16.2. The average Bonchev–Trinajstić information content (AvgIpc) is 3.68. The number of hydrogen-bond acceptors (Lipinski definition) is 9. The van der Waals surface area contributed by atoms with Gasteiger partial charge in [-0.2, -0.15) is 5.21 Å². The molecule has 4 aromatic rings. The van der Waals surface area contributed by atoms with Crippen LogP contribution < -0.4 is 27.4 Å². The Labute approximate surface area is 291 Å². The SMILES string of the molecule is Cc1nc(C(=O)NC2CCC(N)CC2)ccc1-c1ccc(C[C@H](NC(=O)C2CCC(CN)CC2)C(=O)Nc2ccc(-c3nn[nH]n3)cc2)cc1. The summed E-state index contributed by atoms with van der Waals surface area (Å²) >= 11 is 0. The Kier molecular flexibility index (Phi) is 11.2. The van der Waals surface area contributed by atoms with Crippen molar-refractivity contribution in [3.63, 3.8) is 0 Å². The van der Waals surface area contributed by atoms with E-state index in [1.54, 1.807) is 30.3 Å². The summed E-state index contributed by atoms with van der Waals surface area (Å²) < 4.78 is 0. The van der Waals surface area contributed by atoms with Crippen molar-refractivity contribution in [1.82, 2.24) is 36.2 Å². The molecule has 2 fully saturated rings. The van der Waals surface area contributed by atoms with Crippen molar-refractivity contribution in [2.24, 2.45) is 23.3 Å². The first-order valence-electron chi connectivity index (χ1n) is 17.5. The zero-order chi connectivity index (χ0) is 35.0.